The van der Waals surface area contributed by atoms with Gasteiger partial charge < -0.3 is 10.0 Å². The highest BCUT2D eigenvalue weighted by atomic mass is 35.5. The van der Waals surface area contributed by atoms with Crippen LogP contribution in [0, 0.1) is 0 Å². The highest BCUT2D eigenvalue weighted by Gasteiger charge is 2.17. The van der Waals surface area contributed by atoms with Gasteiger partial charge in [-0.2, -0.15) is 0 Å². The normalized spacial score (nSPS) is 11.1. The lowest BCUT2D eigenvalue weighted by molar-refractivity contribution is -0.143. The number of aliphatic carboxylic acids is 1. The van der Waals surface area contributed by atoms with E-state index in [2.05, 4.69) is 0 Å². The Morgan fingerprint density at radius 2 is 2.00 bits per heavy atom. The summed E-state index contributed by atoms with van der Waals surface area (Å²) in [7, 11) is 0. The highest BCUT2D eigenvalue weighted by Crippen LogP contribution is 2.22. The van der Waals surface area contributed by atoms with Gasteiger partial charge in [0.15, 0.2) is 0 Å². The van der Waals surface area contributed by atoms with Crippen LogP contribution in [-0.2, 0) is 9.59 Å². The van der Waals surface area contributed by atoms with Crippen molar-refractivity contribution in [3.05, 3.63) is 39.9 Å². The van der Waals surface area contributed by atoms with Crippen LogP contribution in [-0.4, -0.2) is 34.5 Å². The zero-order valence-corrected chi connectivity index (χ0v) is 12.6. The maximum Gasteiger partial charge on any atom is 0.323 e. The highest BCUT2D eigenvalue weighted by molar-refractivity contribution is 6.35. The van der Waals surface area contributed by atoms with Crippen molar-refractivity contribution in [1.29, 1.82) is 0 Å². The first-order valence-corrected chi connectivity index (χ1v) is 6.72. The van der Waals surface area contributed by atoms with E-state index in [1.54, 1.807) is 32.0 Å². The molecule has 4 nitrogen and oxygen atoms in total. The lowest BCUT2D eigenvalue weighted by Crippen LogP contribution is -2.39. The molecule has 1 aromatic rings. The summed E-state index contributed by atoms with van der Waals surface area (Å²) < 4.78 is 0. The molecule has 0 radical (unpaired) electrons. The largest absolute Gasteiger partial charge is 0.480 e. The van der Waals surface area contributed by atoms with Gasteiger partial charge in [0.25, 0.3) is 0 Å². The van der Waals surface area contributed by atoms with Crippen LogP contribution in [0.5, 0.6) is 0 Å². The smallest absolute Gasteiger partial charge is 0.323 e. The molecule has 108 valence electrons. The Bertz CT molecular complexity index is 541. The topological polar surface area (TPSA) is 57.6 Å². The second-order valence-corrected chi connectivity index (χ2v) is 5.30. The summed E-state index contributed by atoms with van der Waals surface area (Å²) in [6, 6.07) is 4.72. The summed E-state index contributed by atoms with van der Waals surface area (Å²) in [6.45, 7) is 3.17. The molecule has 1 N–H and O–H groups in total. The molecule has 1 rings (SSSR count). The van der Waals surface area contributed by atoms with E-state index in [1.807, 2.05) is 0 Å². The number of benzene rings is 1. The third kappa shape index (κ3) is 4.87. The van der Waals surface area contributed by atoms with Gasteiger partial charge in [-0.15, -0.1) is 0 Å². The molecule has 0 heterocycles. The van der Waals surface area contributed by atoms with Crippen LogP contribution in [0.1, 0.15) is 19.4 Å². The number of carbonyl (C=O) groups is 2. The first-order chi connectivity index (χ1) is 9.31. The van der Waals surface area contributed by atoms with Crippen molar-refractivity contribution in [3.8, 4) is 0 Å². The number of amides is 1. The minimum Gasteiger partial charge on any atom is -0.480 e. The first kappa shape index (κ1) is 16.5. The number of halogens is 2. The molecule has 1 amide bonds. The van der Waals surface area contributed by atoms with Gasteiger partial charge in [-0.05, 0) is 37.6 Å². The Labute approximate surface area is 127 Å². The van der Waals surface area contributed by atoms with Crippen LogP contribution in [0.2, 0.25) is 10.0 Å². The number of rotatable bonds is 5. The summed E-state index contributed by atoms with van der Waals surface area (Å²) >= 11 is 11.8. The van der Waals surface area contributed by atoms with Crippen LogP contribution < -0.4 is 0 Å². The minimum absolute atomic E-state index is 0.205. The summed E-state index contributed by atoms with van der Waals surface area (Å²) in [5, 5.41) is 9.72. The molecule has 0 fully saturated rings. The number of hydrogen-bond donors (Lipinski definition) is 1. The van der Waals surface area contributed by atoms with Gasteiger partial charge in [0.1, 0.15) is 6.54 Å². The van der Waals surface area contributed by atoms with Crippen LogP contribution in [0.3, 0.4) is 0 Å². The Morgan fingerprint density at radius 1 is 1.35 bits per heavy atom. The Balaban J connectivity index is 2.86. The average Bonchev–Trinajstić information content (AvgIpc) is 2.34. The van der Waals surface area contributed by atoms with E-state index in [1.165, 1.54) is 17.1 Å². The fraction of sp³-hybridized carbons (Fsp3) is 0.286. The van der Waals surface area contributed by atoms with E-state index in [-0.39, 0.29) is 18.5 Å². The predicted octanol–water partition coefficient (Wildman–Crippen LogP) is 3.33. The van der Waals surface area contributed by atoms with Crippen LogP contribution in [0.25, 0.3) is 6.08 Å². The van der Waals surface area contributed by atoms with Gasteiger partial charge in [-0.25, -0.2) is 0 Å². The molecule has 1 aromatic carbocycles. The lowest BCUT2D eigenvalue weighted by atomic mass is 10.2. The van der Waals surface area contributed by atoms with E-state index in [0.29, 0.717) is 15.6 Å². The van der Waals surface area contributed by atoms with Crippen molar-refractivity contribution in [2.45, 2.75) is 19.9 Å². The molecule has 20 heavy (non-hydrogen) atoms. The maximum atomic E-state index is 12.0. The molecular formula is C14H15Cl2NO3. The maximum absolute atomic E-state index is 12.0. The van der Waals surface area contributed by atoms with E-state index in [9.17, 15) is 9.59 Å². The monoisotopic (exact) mass is 315 g/mol. The predicted molar refractivity (Wildman–Crippen MR) is 80.0 cm³/mol. The van der Waals surface area contributed by atoms with Crippen molar-refractivity contribution in [2.75, 3.05) is 6.54 Å². The molecule has 0 aliphatic rings. The second-order valence-electron chi connectivity index (χ2n) is 4.45. The molecule has 0 atom stereocenters. The number of nitrogens with zero attached hydrogens (tertiary/aromatic N) is 1. The Kier molecular flexibility index (Phi) is 6.05. The van der Waals surface area contributed by atoms with E-state index >= 15 is 0 Å². The molecule has 0 aliphatic carbocycles. The van der Waals surface area contributed by atoms with Crippen LogP contribution in [0.4, 0.5) is 0 Å². The van der Waals surface area contributed by atoms with Gasteiger partial charge in [0.2, 0.25) is 5.91 Å². The van der Waals surface area contributed by atoms with Crippen molar-refractivity contribution in [2.24, 2.45) is 0 Å². The quantitative estimate of drug-likeness (QED) is 0.848. The third-order valence-corrected chi connectivity index (χ3v) is 3.14. The number of carboxylic acid groups (broad SMARTS) is 1. The van der Waals surface area contributed by atoms with E-state index in [4.69, 9.17) is 28.3 Å². The van der Waals surface area contributed by atoms with Gasteiger partial charge >= 0.3 is 5.97 Å². The first-order valence-electron chi connectivity index (χ1n) is 5.96. The summed E-state index contributed by atoms with van der Waals surface area (Å²) in [6.07, 6.45) is 2.84. The van der Waals surface area contributed by atoms with Gasteiger partial charge in [-0.3, -0.25) is 9.59 Å². The molecule has 0 aromatic heterocycles. The molecule has 0 bridgehead atoms. The van der Waals surface area contributed by atoms with Crippen LogP contribution in [0.15, 0.2) is 24.3 Å². The lowest BCUT2D eigenvalue weighted by Gasteiger charge is -2.23. The molecule has 0 spiro atoms. The van der Waals surface area contributed by atoms with Gasteiger partial charge in [-0.1, -0.05) is 29.3 Å². The summed E-state index contributed by atoms with van der Waals surface area (Å²) in [5.74, 6) is -1.43. The number of carbonyl (C=O) groups excluding carboxylic acids is 1. The summed E-state index contributed by atoms with van der Waals surface area (Å²) in [4.78, 5) is 24.0. The van der Waals surface area contributed by atoms with Crippen molar-refractivity contribution in [3.63, 3.8) is 0 Å². The van der Waals surface area contributed by atoms with Gasteiger partial charge in [0, 0.05) is 22.2 Å². The third-order valence-electron chi connectivity index (χ3n) is 2.58. The zero-order chi connectivity index (χ0) is 15.3. The number of hydrogen-bond acceptors (Lipinski definition) is 2. The molecule has 0 saturated heterocycles. The average molecular weight is 316 g/mol. The molecule has 0 unspecified atom stereocenters. The van der Waals surface area contributed by atoms with Crippen LogP contribution >= 0.6 is 23.2 Å². The van der Waals surface area contributed by atoms with Crippen molar-refractivity contribution >= 4 is 41.2 Å². The zero-order valence-electron chi connectivity index (χ0n) is 11.1. The van der Waals surface area contributed by atoms with E-state index < -0.39 is 5.97 Å². The summed E-state index contributed by atoms with van der Waals surface area (Å²) in [5.41, 5.74) is 0.642. The molecule has 0 saturated carbocycles. The SMILES string of the molecule is CC(C)N(CC(=O)O)C(=O)/C=C/c1ccc(Cl)cc1Cl. The minimum atomic E-state index is -1.05. The molecular weight excluding hydrogens is 301 g/mol. The van der Waals surface area contributed by atoms with Crippen molar-refractivity contribution in [1.82, 2.24) is 4.90 Å². The van der Waals surface area contributed by atoms with Crippen molar-refractivity contribution < 1.29 is 14.7 Å². The number of carboxylic acids is 1. The fourth-order valence-electron chi connectivity index (χ4n) is 1.55. The Hall–Kier alpha value is -1.52. The van der Waals surface area contributed by atoms with E-state index in [0.717, 1.165) is 0 Å². The molecule has 6 heteroatoms. The fourth-order valence-corrected chi connectivity index (χ4v) is 2.03. The van der Waals surface area contributed by atoms with Gasteiger partial charge in [0.05, 0.1) is 0 Å². The standard InChI is InChI=1S/C14H15Cl2NO3/c1-9(2)17(8-14(19)20)13(18)6-4-10-3-5-11(15)7-12(10)16/h3-7,9H,8H2,1-2H3,(H,19,20)/b6-4+. The Morgan fingerprint density at radius 3 is 2.50 bits per heavy atom. The second kappa shape index (κ2) is 7.31. The molecule has 0 aliphatic heterocycles.